The quantitative estimate of drug-likeness (QED) is 0.798. The summed E-state index contributed by atoms with van der Waals surface area (Å²) in [4.78, 5) is 15.2. The second-order valence-electron chi connectivity index (χ2n) is 7.06. The first-order valence-corrected chi connectivity index (χ1v) is 10.8. The van der Waals surface area contributed by atoms with Crippen molar-refractivity contribution in [1.82, 2.24) is 4.90 Å². The fourth-order valence-electron chi connectivity index (χ4n) is 4.26. The maximum atomic E-state index is 13.0. The van der Waals surface area contributed by atoms with Crippen LogP contribution in [0.4, 0.5) is 0 Å². The first-order valence-electron chi connectivity index (χ1n) is 8.84. The molecular weight excluding hydrogens is 370 g/mol. The van der Waals surface area contributed by atoms with Gasteiger partial charge in [0.25, 0.3) is 5.91 Å². The van der Waals surface area contributed by atoms with E-state index in [-0.39, 0.29) is 18.0 Å². The Morgan fingerprint density at radius 1 is 0.923 bits per heavy atom. The SMILES string of the molecule is O=C(c1ccc(Cl)cc1)N1[C@H]2CC[C@H]1CC(S(=O)(=O)c1ccccc1)C2. The van der Waals surface area contributed by atoms with Crippen LogP contribution in [0.3, 0.4) is 0 Å². The molecule has 2 aliphatic heterocycles. The van der Waals surface area contributed by atoms with E-state index in [1.807, 2.05) is 11.0 Å². The first-order chi connectivity index (χ1) is 12.5. The molecule has 0 aliphatic carbocycles. The zero-order chi connectivity index (χ0) is 18.3. The molecule has 0 saturated carbocycles. The summed E-state index contributed by atoms with van der Waals surface area (Å²) in [6.07, 6.45) is 2.75. The third-order valence-corrected chi connectivity index (χ3v) is 7.97. The lowest BCUT2D eigenvalue weighted by Crippen LogP contribution is -2.49. The van der Waals surface area contributed by atoms with Gasteiger partial charge in [-0.3, -0.25) is 4.79 Å². The monoisotopic (exact) mass is 389 g/mol. The normalized spacial score (nSPS) is 25.3. The van der Waals surface area contributed by atoms with Crippen molar-refractivity contribution in [3.8, 4) is 0 Å². The highest BCUT2D eigenvalue weighted by Crippen LogP contribution is 2.40. The summed E-state index contributed by atoms with van der Waals surface area (Å²) in [5, 5.41) is 0.175. The summed E-state index contributed by atoms with van der Waals surface area (Å²) in [5.41, 5.74) is 0.607. The molecule has 0 aromatic heterocycles. The topological polar surface area (TPSA) is 54.5 Å². The van der Waals surface area contributed by atoms with Crippen LogP contribution in [-0.4, -0.2) is 36.6 Å². The molecule has 2 heterocycles. The molecule has 0 radical (unpaired) electrons. The van der Waals surface area contributed by atoms with Crippen molar-refractivity contribution in [3.05, 3.63) is 65.2 Å². The lowest BCUT2D eigenvalue weighted by molar-refractivity contribution is 0.0598. The number of sulfone groups is 1. The summed E-state index contributed by atoms with van der Waals surface area (Å²) >= 11 is 5.91. The number of halogens is 1. The van der Waals surface area contributed by atoms with Gasteiger partial charge in [0.15, 0.2) is 9.84 Å². The third kappa shape index (κ3) is 3.03. The maximum Gasteiger partial charge on any atom is 0.254 e. The number of piperidine rings is 1. The molecule has 6 heteroatoms. The van der Waals surface area contributed by atoms with Crippen LogP contribution in [-0.2, 0) is 9.84 Å². The minimum absolute atomic E-state index is 0.0135. The van der Waals surface area contributed by atoms with E-state index in [1.54, 1.807) is 48.5 Å². The zero-order valence-corrected chi connectivity index (χ0v) is 15.8. The number of hydrogen-bond donors (Lipinski definition) is 0. The van der Waals surface area contributed by atoms with Crippen molar-refractivity contribution < 1.29 is 13.2 Å². The number of rotatable bonds is 3. The van der Waals surface area contributed by atoms with Crippen molar-refractivity contribution in [3.63, 3.8) is 0 Å². The number of benzene rings is 2. The standard InChI is InChI=1S/C20H20ClNO3S/c21-15-8-6-14(7-9-15)20(23)22-16-10-11-17(22)13-19(12-16)26(24,25)18-4-2-1-3-5-18/h1-9,16-17,19H,10-13H2/t16-,17-/m0/s1. The molecule has 0 unspecified atom stereocenters. The molecule has 2 aromatic carbocycles. The van der Waals surface area contributed by atoms with Gasteiger partial charge in [-0.15, -0.1) is 0 Å². The highest BCUT2D eigenvalue weighted by molar-refractivity contribution is 7.92. The molecule has 2 bridgehead atoms. The van der Waals surface area contributed by atoms with Gasteiger partial charge in [0, 0.05) is 22.7 Å². The Hall–Kier alpha value is -1.85. The summed E-state index contributed by atoms with van der Waals surface area (Å²) in [5.74, 6) is -0.0234. The Balaban J connectivity index is 1.56. The molecule has 136 valence electrons. The van der Waals surface area contributed by atoms with E-state index in [4.69, 9.17) is 11.6 Å². The summed E-state index contributed by atoms with van der Waals surface area (Å²) in [6, 6.07) is 15.5. The van der Waals surface area contributed by atoms with Crippen molar-refractivity contribution >= 4 is 27.3 Å². The molecule has 2 atom stereocenters. The van der Waals surface area contributed by atoms with E-state index in [9.17, 15) is 13.2 Å². The molecule has 2 aromatic rings. The third-order valence-electron chi connectivity index (χ3n) is 5.53. The maximum absolute atomic E-state index is 13.0. The highest BCUT2D eigenvalue weighted by atomic mass is 35.5. The van der Waals surface area contributed by atoms with Crippen LogP contribution in [0.15, 0.2) is 59.5 Å². The molecular formula is C20H20ClNO3S. The van der Waals surface area contributed by atoms with E-state index in [2.05, 4.69) is 0 Å². The highest BCUT2D eigenvalue weighted by Gasteiger charge is 2.47. The smallest absolute Gasteiger partial charge is 0.254 e. The van der Waals surface area contributed by atoms with Crippen LogP contribution in [0.25, 0.3) is 0 Å². The Morgan fingerprint density at radius 3 is 2.08 bits per heavy atom. The van der Waals surface area contributed by atoms with Crippen LogP contribution in [0, 0.1) is 0 Å². The van der Waals surface area contributed by atoms with E-state index in [1.165, 1.54) is 0 Å². The van der Waals surface area contributed by atoms with Gasteiger partial charge >= 0.3 is 0 Å². The Labute approximate surface area is 158 Å². The fourth-order valence-corrected chi connectivity index (χ4v) is 6.25. The number of amides is 1. The second-order valence-corrected chi connectivity index (χ2v) is 9.72. The van der Waals surface area contributed by atoms with Gasteiger partial charge in [0.1, 0.15) is 0 Å². The number of carbonyl (C=O) groups is 1. The molecule has 2 saturated heterocycles. The molecule has 0 N–H and O–H groups in total. The van der Waals surface area contributed by atoms with Crippen LogP contribution in [0.2, 0.25) is 5.02 Å². The molecule has 0 spiro atoms. The lowest BCUT2D eigenvalue weighted by Gasteiger charge is -2.38. The van der Waals surface area contributed by atoms with Crippen LogP contribution >= 0.6 is 11.6 Å². The van der Waals surface area contributed by atoms with Crippen LogP contribution in [0.5, 0.6) is 0 Å². The van der Waals surface area contributed by atoms with Gasteiger partial charge in [-0.05, 0) is 62.1 Å². The predicted molar refractivity (Wildman–Crippen MR) is 101 cm³/mol. The number of carbonyl (C=O) groups excluding carboxylic acids is 1. The fraction of sp³-hybridized carbons (Fsp3) is 0.350. The zero-order valence-electron chi connectivity index (χ0n) is 14.2. The average Bonchev–Trinajstić information content (AvgIpc) is 2.91. The van der Waals surface area contributed by atoms with E-state index >= 15 is 0 Å². The predicted octanol–water partition coefficient (Wildman–Crippen LogP) is 3.95. The van der Waals surface area contributed by atoms with Gasteiger partial charge in [-0.25, -0.2) is 8.42 Å². The van der Waals surface area contributed by atoms with Crippen molar-refractivity contribution in [1.29, 1.82) is 0 Å². The van der Waals surface area contributed by atoms with Gasteiger partial charge in [-0.1, -0.05) is 29.8 Å². The molecule has 26 heavy (non-hydrogen) atoms. The minimum atomic E-state index is -3.36. The van der Waals surface area contributed by atoms with Gasteiger partial charge in [-0.2, -0.15) is 0 Å². The molecule has 4 rings (SSSR count). The van der Waals surface area contributed by atoms with Gasteiger partial charge in [0.05, 0.1) is 10.1 Å². The van der Waals surface area contributed by atoms with Crippen molar-refractivity contribution in [2.24, 2.45) is 0 Å². The molecule has 4 nitrogen and oxygen atoms in total. The van der Waals surface area contributed by atoms with E-state index in [0.717, 1.165) is 12.8 Å². The number of nitrogens with zero attached hydrogens (tertiary/aromatic N) is 1. The van der Waals surface area contributed by atoms with Gasteiger partial charge in [0.2, 0.25) is 0 Å². The molecule has 2 fully saturated rings. The number of hydrogen-bond acceptors (Lipinski definition) is 3. The molecule has 2 aliphatic rings. The van der Waals surface area contributed by atoms with Crippen molar-refractivity contribution in [2.45, 2.75) is 47.9 Å². The Morgan fingerprint density at radius 2 is 1.50 bits per heavy atom. The first kappa shape index (κ1) is 17.6. The largest absolute Gasteiger partial charge is 0.333 e. The van der Waals surface area contributed by atoms with E-state index in [0.29, 0.717) is 28.3 Å². The number of fused-ring (bicyclic) bond motifs is 2. The van der Waals surface area contributed by atoms with Gasteiger partial charge < -0.3 is 4.90 Å². The lowest BCUT2D eigenvalue weighted by atomic mass is 10.0. The van der Waals surface area contributed by atoms with E-state index < -0.39 is 15.1 Å². The summed E-state index contributed by atoms with van der Waals surface area (Å²) < 4.78 is 25.9. The summed E-state index contributed by atoms with van der Waals surface area (Å²) in [6.45, 7) is 0. The minimum Gasteiger partial charge on any atom is -0.333 e. The Kier molecular flexibility index (Phi) is 4.53. The van der Waals surface area contributed by atoms with Crippen LogP contribution in [0.1, 0.15) is 36.0 Å². The second kappa shape index (κ2) is 6.71. The van der Waals surface area contributed by atoms with Crippen LogP contribution < -0.4 is 0 Å². The average molecular weight is 390 g/mol. The van der Waals surface area contributed by atoms with Crippen molar-refractivity contribution in [2.75, 3.05) is 0 Å². The summed E-state index contributed by atoms with van der Waals surface area (Å²) in [7, 11) is -3.36. The Bertz CT molecular complexity index is 898. The molecule has 1 amide bonds.